The molecule has 18 heavy (non-hydrogen) atoms. The van der Waals surface area contributed by atoms with E-state index >= 15 is 0 Å². The largest absolute Gasteiger partial charge is 0.388 e. The van der Waals surface area contributed by atoms with E-state index in [1.807, 2.05) is 12.8 Å². The van der Waals surface area contributed by atoms with Crippen LogP contribution in [0.4, 0.5) is 0 Å². The number of hydrogen-bond acceptors (Lipinski definition) is 6. The zero-order valence-corrected chi connectivity index (χ0v) is 9.74. The first-order valence-electron chi connectivity index (χ1n) is 6.21. The number of rotatable bonds is 9. The van der Waals surface area contributed by atoms with Gasteiger partial charge in [-0.25, -0.2) is 0 Å². The summed E-state index contributed by atoms with van der Waals surface area (Å²) in [5.74, 6) is 4.55. The van der Waals surface area contributed by atoms with Crippen LogP contribution in [0.2, 0.25) is 0 Å². The van der Waals surface area contributed by atoms with Gasteiger partial charge in [0.1, 0.15) is 40.4 Å². The average molecular weight is 260 g/mol. The summed E-state index contributed by atoms with van der Waals surface area (Å²) in [5, 5.41) is 38.2. The van der Waals surface area contributed by atoms with Crippen molar-refractivity contribution in [1.29, 1.82) is 0 Å². The molecule has 0 aromatic carbocycles. The second-order valence-corrected chi connectivity index (χ2v) is 3.50. The third kappa shape index (κ3) is 6.58. The lowest BCUT2D eigenvalue weighted by atomic mass is 10.0. The summed E-state index contributed by atoms with van der Waals surface area (Å²) in [6.07, 6.45) is -2.39. The Morgan fingerprint density at radius 1 is 0.889 bits per heavy atom. The highest BCUT2D eigenvalue weighted by molar-refractivity contribution is 4.85. The molecule has 6 nitrogen and oxygen atoms in total. The topological polar surface area (TPSA) is 99.4 Å². The molecule has 0 aromatic heterocycles. The maximum atomic E-state index is 9.59. The summed E-state index contributed by atoms with van der Waals surface area (Å²) in [7, 11) is 0. The van der Waals surface area contributed by atoms with E-state index in [2.05, 4.69) is 11.8 Å². The summed E-state index contributed by atoms with van der Waals surface area (Å²) < 4.78 is 22.7. The molecule has 0 fully saturated rings. The molecule has 6 heteroatoms. The zero-order valence-electron chi connectivity index (χ0n) is 11.7. The Morgan fingerprint density at radius 2 is 1.28 bits per heavy atom. The number of terminal acetylenes is 2. The summed E-state index contributed by atoms with van der Waals surface area (Å²) in [6.45, 7) is -0.767. The fourth-order valence-corrected chi connectivity index (χ4v) is 1.11. The van der Waals surface area contributed by atoms with E-state index in [0.717, 1.165) is 0 Å². The van der Waals surface area contributed by atoms with Crippen LogP contribution in [0, 0.1) is 24.6 Å². The van der Waals surface area contributed by atoms with Crippen LogP contribution >= 0.6 is 0 Å². The van der Waals surface area contributed by atoms with Gasteiger partial charge >= 0.3 is 0 Å². The fourth-order valence-electron chi connectivity index (χ4n) is 1.11. The van der Waals surface area contributed by atoms with E-state index in [1.165, 1.54) is 0 Å². The number of ether oxygens (including phenoxy) is 2. The Kier molecular flexibility index (Phi) is 7.30. The number of aliphatic hydroxyl groups excluding tert-OH is 4. The molecular weight excluding hydrogens is 240 g/mol. The van der Waals surface area contributed by atoms with Crippen LogP contribution in [-0.4, -0.2) is 71.3 Å². The Bertz CT molecular complexity index is 334. The monoisotopic (exact) mass is 260 g/mol. The minimum absolute atomic E-state index is 0.0825. The van der Waals surface area contributed by atoms with Crippen molar-refractivity contribution >= 4 is 0 Å². The lowest BCUT2D eigenvalue weighted by molar-refractivity contribution is -0.131. The van der Waals surface area contributed by atoms with Crippen molar-refractivity contribution in [3.05, 3.63) is 0 Å². The molecule has 0 bridgehead atoms. The van der Waals surface area contributed by atoms with Crippen LogP contribution in [-0.2, 0) is 9.47 Å². The molecule has 0 aliphatic carbocycles. The maximum absolute atomic E-state index is 9.59. The van der Waals surface area contributed by atoms with Gasteiger partial charge in [-0.2, -0.15) is 0 Å². The standard InChI is InChI=1S/C12H18O6/c1-3-5-17-7-9(13)11(15)12(16)10(14)8-18-6-4-2/h1-2,9-16H,5-8H2/t9-,10-,11-,12-/m1/s1/i1D,2D. The van der Waals surface area contributed by atoms with Crippen molar-refractivity contribution in [2.24, 2.45) is 0 Å². The van der Waals surface area contributed by atoms with E-state index in [4.69, 9.17) is 12.2 Å². The van der Waals surface area contributed by atoms with Gasteiger partial charge < -0.3 is 29.9 Å². The summed E-state index contributed by atoms with van der Waals surface area (Å²) in [4.78, 5) is 0. The number of hydrogen-bond donors (Lipinski definition) is 4. The smallest absolute Gasteiger partial charge is 0.124 e. The maximum Gasteiger partial charge on any atom is 0.124 e. The van der Waals surface area contributed by atoms with Gasteiger partial charge in [-0.3, -0.25) is 0 Å². The minimum Gasteiger partial charge on any atom is -0.388 e. The molecule has 0 radical (unpaired) electrons. The molecular formula is C12H18O6. The summed E-state index contributed by atoms with van der Waals surface area (Å²) in [6, 6.07) is 0. The van der Waals surface area contributed by atoms with Crippen LogP contribution in [0.15, 0.2) is 0 Å². The van der Waals surface area contributed by atoms with Crippen molar-refractivity contribution in [3.63, 3.8) is 0 Å². The Labute approximate surface area is 109 Å². The minimum atomic E-state index is -1.63. The number of aliphatic hydroxyl groups is 4. The second kappa shape index (κ2) is 9.86. The first kappa shape index (κ1) is 13.3. The van der Waals surface area contributed by atoms with Gasteiger partial charge in [0.25, 0.3) is 0 Å². The third-order valence-electron chi connectivity index (χ3n) is 2.06. The molecule has 0 heterocycles. The molecule has 0 spiro atoms. The average Bonchev–Trinajstić information content (AvgIpc) is 2.46. The molecule has 0 aliphatic rings. The third-order valence-corrected chi connectivity index (χ3v) is 2.06. The van der Waals surface area contributed by atoms with Crippen LogP contribution < -0.4 is 0 Å². The van der Waals surface area contributed by atoms with E-state index in [1.54, 1.807) is 0 Å². The normalized spacial score (nSPS) is 18.0. The Balaban J connectivity index is 4.03. The Morgan fingerprint density at radius 3 is 1.61 bits per heavy atom. The SMILES string of the molecule is [2H]C#CCOC[C@@H](O)[C@@H](O)[C@H](O)[C@H](O)COCC#C[2H]. The highest BCUT2D eigenvalue weighted by Crippen LogP contribution is 2.06. The van der Waals surface area contributed by atoms with Gasteiger partial charge in [0.05, 0.1) is 13.2 Å². The van der Waals surface area contributed by atoms with Gasteiger partial charge in [-0.15, -0.1) is 12.8 Å². The molecule has 0 saturated heterocycles. The van der Waals surface area contributed by atoms with Crippen LogP contribution in [0.25, 0.3) is 0 Å². The fraction of sp³-hybridized carbons (Fsp3) is 0.667. The highest BCUT2D eigenvalue weighted by atomic mass is 16.5. The van der Waals surface area contributed by atoms with Gasteiger partial charge in [-0.1, -0.05) is 11.8 Å². The van der Waals surface area contributed by atoms with Gasteiger partial charge in [0.2, 0.25) is 0 Å². The molecule has 0 rings (SSSR count). The second-order valence-electron chi connectivity index (χ2n) is 3.50. The first-order valence-corrected chi connectivity index (χ1v) is 5.21. The van der Waals surface area contributed by atoms with E-state index in [9.17, 15) is 20.4 Å². The first-order chi connectivity index (χ1) is 9.54. The molecule has 4 N–H and O–H groups in total. The highest BCUT2D eigenvalue weighted by Gasteiger charge is 2.30. The zero-order chi connectivity index (χ0) is 15.4. The molecule has 0 saturated carbocycles. The van der Waals surface area contributed by atoms with Crippen molar-refractivity contribution in [2.75, 3.05) is 26.4 Å². The van der Waals surface area contributed by atoms with Crippen LogP contribution in [0.3, 0.4) is 0 Å². The summed E-state index contributed by atoms with van der Waals surface area (Å²) in [5.41, 5.74) is 0. The molecule has 0 aromatic rings. The molecule has 0 unspecified atom stereocenters. The molecule has 4 atom stereocenters. The van der Waals surface area contributed by atoms with Crippen LogP contribution in [0.1, 0.15) is 2.74 Å². The van der Waals surface area contributed by atoms with Crippen molar-refractivity contribution in [1.82, 2.24) is 0 Å². The van der Waals surface area contributed by atoms with Crippen molar-refractivity contribution in [3.8, 4) is 24.6 Å². The van der Waals surface area contributed by atoms with E-state index < -0.39 is 24.4 Å². The lowest BCUT2D eigenvalue weighted by Crippen LogP contribution is -2.47. The van der Waals surface area contributed by atoms with Gasteiger partial charge in [-0.05, 0) is 0 Å². The molecule has 0 amide bonds. The predicted octanol–water partition coefficient (Wildman–Crippen LogP) is -2.27. The summed E-state index contributed by atoms with van der Waals surface area (Å²) >= 11 is 0. The van der Waals surface area contributed by atoms with E-state index in [-0.39, 0.29) is 26.4 Å². The molecule has 102 valence electrons. The lowest BCUT2D eigenvalue weighted by Gasteiger charge is -2.26. The van der Waals surface area contributed by atoms with Crippen molar-refractivity contribution in [2.45, 2.75) is 24.4 Å². The van der Waals surface area contributed by atoms with Gasteiger partial charge in [0.15, 0.2) is 0 Å². The molecule has 0 aliphatic heterocycles. The van der Waals surface area contributed by atoms with Crippen molar-refractivity contribution < 1.29 is 32.6 Å². The quantitative estimate of drug-likeness (QED) is 0.276. The predicted molar refractivity (Wildman–Crippen MR) is 63.3 cm³/mol. The van der Waals surface area contributed by atoms with Crippen LogP contribution in [0.5, 0.6) is 0 Å². The Hall–Kier alpha value is -1.12. The van der Waals surface area contributed by atoms with E-state index in [0.29, 0.717) is 0 Å². The van der Waals surface area contributed by atoms with Gasteiger partial charge in [0, 0.05) is 0 Å².